The van der Waals surface area contributed by atoms with Gasteiger partial charge in [0.1, 0.15) is 11.7 Å². The molecule has 0 radical (unpaired) electrons. The van der Waals surface area contributed by atoms with E-state index in [0.29, 0.717) is 24.4 Å². The molecule has 0 unspecified atom stereocenters. The summed E-state index contributed by atoms with van der Waals surface area (Å²) < 4.78 is 12.8. The first kappa shape index (κ1) is 14.0. The summed E-state index contributed by atoms with van der Waals surface area (Å²) in [5.74, 6) is -0.447. The van der Waals surface area contributed by atoms with Crippen molar-refractivity contribution in [2.75, 3.05) is 13.2 Å². The number of carbonyl (C=O) groups is 1. The number of aromatic nitrogens is 3. The van der Waals surface area contributed by atoms with Crippen LogP contribution in [-0.2, 0) is 9.47 Å². The average Bonchev–Trinajstić information content (AvgIpc) is 2.79. The predicted molar refractivity (Wildman–Crippen MR) is 72.1 cm³/mol. The van der Waals surface area contributed by atoms with E-state index in [9.17, 15) is 4.79 Å². The minimum atomic E-state index is -0.447. The molecule has 1 atom stereocenters. The number of hydrogen-bond donors (Lipinski definition) is 0. The monoisotopic (exact) mass is 327 g/mol. The van der Waals surface area contributed by atoms with Gasteiger partial charge in [0, 0.05) is 19.0 Å². The largest absolute Gasteiger partial charge is 0.456 e. The van der Waals surface area contributed by atoms with E-state index in [0.717, 1.165) is 4.47 Å². The molecule has 0 aromatic carbocycles. The van der Waals surface area contributed by atoms with Crippen molar-refractivity contribution in [3.05, 3.63) is 28.6 Å². The molecule has 7 heteroatoms. The van der Waals surface area contributed by atoms with Crippen molar-refractivity contribution in [1.29, 1.82) is 0 Å². The van der Waals surface area contributed by atoms with E-state index in [4.69, 9.17) is 9.47 Å². The summed E-state index contributed by atoms with van der Waals surface area (Å²) in [6.45, 7) is 4.64. The van der Waals surface area contributed by atoms with Crippen LogP contribution in [0, 0.1) is 0 Å². The average molecular weight is 328 g/mol. The topological polar surface area (TPSA) is 65.7 Å². The van der Waals surface area contributed by atoms with Crippen LogP contribution in [0.15, 0.2) is 23.1 Å². The van der Waals surface area contributed by atoms with Gasteiger partial charge in [-0.2, -0.15) is 5.10 Å². The Morgan fingerprint density at radius 2 is 2.32 bits per heavy atom. The van der Waals surface area contributed by atoms with Crippen LogP contribution in [0.4, 0.5) is 0 Å². The number of nitrogens with zero attached hydrogens (tertiary/aromatic N) is 3. The number of halogens is 1. The number of ether oxygens (including phenoxy) is 2. The van der Waals surface area contributed by atoms with E-state index in [1.165, 1.54) is 10.7 Å². The smallest absolute Gasteiger partial charge is 0.344 e. The summed E-state index contributed by atoms with van der Waals surface area (Å²) in [6.07, 6.45) is 4.47. The molecule has 2 rings (SSSR count). The van der Waals surface area contributed by atoms with Gasteiger partial charge >= 0.3 is 5.97 Å². The highest BCUT2D eigenvalue weighted by Crippen LogP contribution is 2.14. The fourth-order valence-corrected chi connectivity index (χ4v) is 1.86. The second kappa shape index (κ2) is 6.12. The SMILES string of the molecule is CCOC[C@@H](C)OC(=O)c1cnn2cc(Br)cnc12. The van der Waals surface area contributed by atoms with E-state index in [-0.39, 0.29) is 6.10 Å². The lowest BCUT2D eigenvalue weighted by atomic mass is 10.3. The molecule has 0 spiro atoms. The summed E-state index contributed by atoms with van der Waals surface area (Å²) in [7, 11) is 0. The Kier molecular flexibility index (Phi) is 4.49. The predicted octanol–water partition coefficient (Wildman–Crippen LogP) is 2.07. The molecule has 0 saturated carbocycles. The van der Waals surface area contributed by atoms with Crippen LogP contribution in [0.1, 0.15) is 24.2 Å². The first-order chi connectivity index (χ1) is 9.11. The van der Waals surface area contributed by atoms with Crippen LogP contribution in [0.3, 0.4) is 0 Å². The van der Waals surface area contributed by atoms with Gasteiger partial charge in [0.15, 0.2) is 5.65 Å². The molecule has 6 nitrogen and oxygen atoms in total. The Balaban J connectivity index is 2.13. The fraction of sp³-hybridized carbons (Fsp3) is 0.417. The molecular weight excluding hydrogens is 314 g/mol. The zero-order valence-electron chi connectivity index (χ0n) is 10.7. The summed E-state index contributed by atoms with van der Waals surface area (Å²) in [5.41, 5.74) is 0.813. The Hall–Kier alpha value is -1.47. The van der Waals surface area contributed by atoms with Gasteiger partial charge in [-0.3, -0.25) is 0 Å². The van der Waals surface area contributed by atoms with Crippen LogP contribution < -0.4 is 0 Å². The van der Waals surface area contributed by atoms with Crippen LogP contribution in [-0.4, -0.2) is 39.9 Å². The number of carbonyl (C=O) groups excluding carboxylic acids is 1. The number of esters is 1. The Bertz CT molecular complexity index is 585. The lowest BCUT2D eigenvalue weighted by Gasteiger charge is -2.12. The van der Waals surface area contributed by atoms with Crippen molar-refractivity contribution < 1.29 is 14.3 Å². The standard InChI is InChI=1S/C12H14BrN3O3/c1-3-18-7-8(2)19-12(17)10-5-15-16-6-9(13)4-14-11(10)16/h4-6,8H,3,7H2,1-2H3/t8-/m1/s1. The first-order valence-electron chi connectivity index (χ1n) is 5.89. The van der Waals surface area contributed by atoms with E-state index in [2.05, 4.69) is 26.0 Å². The highest BCUT2D eigenvalue weighted by molar-refractivity contribution is 9.10. The molecule has 0 bridgehead atoms. The molecule has 0 aliphatic heterocycles. The van der Waals surface area contributed by atoms with Gasteiger partial charge in [-0.1, -0.05) is 0 Å². The van der Waals surface area contributed by atoms with E-state index < -0.39 is 5.97 Å². The number of rotatable bonds is 5. The van der Waals surface area contributed by atoms with Gasteiger partial charge < -0.3 is 9.47 Å². The van der Waals surface area contributed by atoms with Gasteiger partial charge in [0.05, 0.1) is 17.3 Å². The lowest BCUT2D eigenvalue weighted by Crippen LogP contribution is -2.20. The summed E-state index contributed by atoms with van der Waals surface area (Å²) >= 11 is 3.29. The van der Waals surface area contributed by atoms with Crippen LogP contribution in [0.5, 0.6) is 0 Å². The normalized spacial score (nSPS) is 12.6. The van der Waals surface area contributed by atoms with Crippen molar-refractivity contribution >= 4 is 27.5 Å². The maximum Gasteiger partial charge on any atom is 0.344 e. The van der Waals surface area contributed by atoms with Crippen molar-refractivity contribution in [3.63, 3.8) is 0 Å². The van der Waals surface area contributed by atoms with Crippen LogP contribution >= 0.6 is 15.9 Å². The molecule has 2 aromatic rings. The molecule has 0 fully saturated rings. The molecule has 102 valence electrons. The molecule has 0 saturated heterocycles. The van der Waals surface area contributed by atoms with E-state index in [1.54, 1.807) is 19.3 Å². The third-order valence-electron chi connectivity index (χ3n) is 2.41. The molecule has 0 N–H and O–H groups in total. The summed E-state index contributed by atoms with van der Waals surface area (Å²) in [4.78, 5) is 16.1. The van der Waals surface area contributed by atoms with Gasteiger partial charge in [0.25, 0.3) is 0 Å². The molecule has 19 heavy (non-hydrogen) atoms. The highest BCUT2D eigenvalue weighted by atomic mass is 79.9. The Morgan fingerprint density at radius 3 is 3.05 bits per heavy atom. The maximum atomic E-state index is 12.0. The molecule has 2 aromatic heterocycles. The van der Waals surface area contributed by atoms with Crippen LogP contribution in [0.25, 0.3) is 5.65 Å². The van der Waals surface area contributed by atoms with Gasteiger partial charge in [-0.05, 0) is 29.8 Å². The molecule has 2 heterocycles. The van der Waals surface area contributed by atoms with Crippen molar-refractivity contribution in [2.24, 2.45) is 0 Å². The second-order valence-electron chi connectivity index (χ2n) is 3.97. The molecule has 0 aliphatic carbocycles. The van der Waals surface area contributed by atoms with Crippen molar-refractivity contribution in [1.82, 2.24) is 14.6 Å². The van der Waals surface area contributed by atoms with Crippen LogP contribution in [0.2, 0.25) is 0 Å². The number of hydrogen-bond acceptors (Lipinski definition) is 5. The zero-order chi connectivity index (χ0) is 13.8. The quantitative estimate of drug-likeness (QED) is 0.786. The summed E-state index contributed by atoms with van der Waals surface area (Å²) in [5, 5.41) is 4.06. The minimum absolute atomic E-state index is 0.308. The van der Waals surface area contributed by atoms with Gasteiger partial charge in [0.2, 0.25) is 0 Å². The van der Waals surface area contributed by atoms with E-state index in [1.807, 2.05) is 6.92 Å². The Labute approximate surface area is 118 Å². The van der Waals surface area contributed by atoms with Gasteiger partial charge in [-0.25, -0.2) is 14.3 Å². The molecule has 0 aliphatic rings. The van der Waals surface area contributed by atoms with E-state index >= 15 is 0 Å². The third-order valence-corrected chi connectivity index (χ3v) is 2.82. The Morgan fingerprint density at radius 1 is 1.53 bits per heavy atom. The molecule has 0 amide bonds. The maximum absolute atomic E-state index is 12.0. The number of fused-ring (bicyclic) bond motifs is 1. The fourth-order valence-electron chi connectivity index (χ4n) is 1.56. The second-order valence-corrected chi connectivity index (χ2v) is 4.89. The first-order valence-corrected chi connectivity index (χ1v) is 6.68. The zero-order valence-corrected chi connectivity index (χ0v) is 12.3. The molecular formula is C12H14BrN3O3. The summed E-state index contributed by atoms with van der Waals surface area (Å²) in [6, 6.07) is 0. The van der Waals surface area contributed by atoms with Crippen molar-refractivity contribution in [3.8, 4) is 0 Å². The lowest BCUT2D eigenvalue weighted by molar-refractivity contribution is 0.00455. The van der Waals surface area contributed by atoms with Crippen molar-refractivity contribution in [2.45, 2.75) is 20.0 Å². The van der Waals surface area contributed by atoms with Gasteiger partial charge in [-0.15, -0.1) is 0 Å². The third kappa shape index (κ3) is 3.30. The minimum Gasteiger partial charge on any atom is -0.456 e. The highest BCUT2D eigenvalue weighted by Gasteiger charge is 2.18.